The molecule has 1 heterocycles. The van der Waals surface area contributed by atoms with E-state index >= 15 is 0 Å². The number of ether oxygens (including phenoxy) is 1. The third kappa shape index (κ3) is 6.14. The topological polar surface area (TPSA) is 93.2 Å². The van der Waals surface area contributed by atoms with Crippen LogP contribution in [0.15, 0.2) is 66.7 Å². The summed E-state index contributed by atoms with van der Waals surface area (Å²) >= 11 is 0. The number of aromatic nitrogens is 2. The second-order valence-electron chi connectivity index (χ2n) is 6.44. The number of halogens is 3. The number of hydrogen-bond acceptors (Lipinski definition) is 5. The number of benzene rings is 2. The fraction of sp³-hybridized carbons (Fsp3) is 0.0909. The summed E-state index contributed by atoms with van der Waals surface area (Å²) in [5.74, 6) is -0.596. The average molecular weight is 442 g/mol. The number of nitrogens with one attached hydrogen (secondary N) is 2. The number of amides is 2. The first-order valence-corrected chi connectivity index (χ1v) is 9.20. The number of anilines is 2. The lowest BCUT2D eigenvalue weighted by Crippen LogP contribution is -2.14. The lowest BCUT2D eigenvalue weighted by Gasteiger charge is -2.09. The van der Waals surface area contributed by atoms with Crippen molar-refractivity contribution in [2.75, 3.05) is 17.7 Å². The SMILES string of the molecule is COc1ccc(NC(=O)C=Cc2cccc(NC(=O)c3cccc(C(F)(F)F)c3)c2)nn1. The molecular weight excluding hydrogens is 425 g/mol. The van der Waals surface area contributed by atoms with Gasteiger partial charge in [-0.2, -0.15) is 13.2 Å². The van der Waals surface area contributed by atoms with E-state index in [1.165, 1.54) is 37.5 Å². The van der Waals surface area contributed by atoms with E-state index in [1.54, 1.807) is 30.3 Å². The Morgan fingerprint density at radius 3 is 2.44 bits per heavy atom. The Morgan fingerprint density at radius 2 is 1.75 bits per heavy atom. The van der Waals surface area contributed by atoms with Crippen molar-refractivity contribution in [3.05, 3.63) is 83.4 Å². The molecule has 10 heteroatoms. The molecule has 7 nitrogen and oxygen atoms in total. The molecule has 0 radical (unpaired) electrons. The summed E-state index contributed by atoms with van der Waals surface area (Å²) in [6, 6.07) is 13.7. The van der Waals surface area contributed by atoms with Crippen molar-refractivity contribution in [3.8, 4) is 5.88 Å². The second-order valence-corrected chi connectivity index (χ2v) is 6.44. The van der Waals surface area contributed by atoms with Crippen LogP contribution >= 0.6 is 0 Å². The summed E-state index contributed by atoms with van der Waals surface area (Å²) in [5.41, 5.74) is -0.0889. The van der Waals surface area contributed by atoms with Gasteiger partial charge in [-0.05, 0) is 48.0 Å². The largest absolute Gasteiger partial charge is 0.480 e. The lowest BCUT2D eigenvalue weighted by molar-refractivity contribution is -0.137. The standard InChI is InChI=1S/C22H17F3N4O3/c1-32-20-11-9-18(28-29-20)27-19(30)10-8-14-4-2-7-17(12-14)26-21(31)15-5-3-6-16(13-15)22(23,24)25/h2-13H,1H3,(H,26,31)(H,27,28,30). The van der Waals surface area contributed by atoms with Crippen LogP contribution in [0.2, 0.25) is 0 Å². The van der Waals surface area contributed by atoms with Gasteiger partial charge in [-0.25, -0.2) is 0 Å². The number of carbonyl (C=O) groups is 2. The summed E-state index contributed by atoms with van der Waals surface area (Å²) in [5, 5.41) is 12.6. The fourth-order valence-corrected chi connectivity index (χ4v) is 2.60. The second kappa shape index (κ2) is 9.73. The number of carbonyl (C=O) groups excluding carboxylic acids is 2. The minimum Gasteiger partial charge on any atom is -0.480 e. The van der Waals surface area contributed by atoms with Crippen LogP contribution in [0.1, 0.15) is 21.5 Å². The minimum atomic E-state index is -4.54. The highest BCUT2D eigenvalue weighted by Crippen LogP contribution is 2.29. The molecule has 0 unspecified atom stereocenters. The van der Waals surface area contributed by atoms with E-state index in [9.17, 15) is 22.8 Å². The predicted octanol–water partition coefficient (Wildman–Crippen LogP) is 4.41. The van der Waals surface area contributed by atoms with Gasteiger partial charge < -0.3 is 15.4 Å². The van der Waals surface area contributed by atoms with Gasteiger partial charge in [0.1, 0.15) is 0 Å². The van der Waals surface area contributed by atoms with Gasteiger partial charge >= 0.3 is 6.18 Å². The normalized spacial score (nSPS) is 11.2. The number of alkyl halides is 3. The van der Waals surface area contributed by atoms with E-state index in [0.29, 0.717) is 17.1 Å². The number of hydrogen-bond donors (Lipinski definition) is 2. The van der Waals surface area contributed by atoms with Crippen molar-refractivity contribution in [1.82, 2.24) is 10.2 Å². The van der Waals surface area contributed by atoms with Crippen molar-refractivity contribution in [2.24, 2.45) is 0 Å². The minimum absolute atomic E-state index is 0.124. The summed E-state index contributed by atoms with van der Waals surface area (Å²) in [6.07, 6.45) is -1.77. The summed E-state index contributed by atoms with van der Waals surface area (Å²) in [7, 11) is 1.45. The zero-order chi connectivity index (χ0) is 23.1. The number of rotatable bonds is 6. The first-order chi connectivity index (χ1) is 15.2. The van der Waals surface area contributed by atoms with E-state index in [-0.39, 0.29) is 11.4 Å². The Hall–Kier alpha value is -4.21. The number of methoxy groups -OCH3 is 1. The molecule has 3 aromatic rings. The Kier molecular flexibility index (Phi) is 6.83. The Balaban J connectivity index is 1.64. The highest BCUT2D eigenvalue weighted by molar-refractivity contribution is 6.05. The number of nitrogens with zero attached hydrogens (tertiary/aromatic N) is 2. The molecule has 164 valence electrons. The Bertz CT molecular complexity index is 1150. The molecule has 1 aromatic heterocycles. The van der Waals surface area contributed by atoms with Crippen molar-refractivity contribution in [1.29, 1.82) is 0 Å². The van der Waals surface area contributed by atoms with Gasteiger partial charge in [-0.1, -0.05) is 18.2 Å². The molecule has 2 amide bonds. The van der Waals surface area contributed by atoms with Gasteiger partial charge in [0, 0.05) is 23.4 Å². The molecule has 0 saturated carbocycles. The maximum absolute atomic E-state index is 12.8. The van der Waals surface area contributed by atoms with Gasteiger partial charge in [-0.15, -0.1) is 10.2 Å². The molecule has 0 saturated heterocycles. The van der Waals surface area contributed by atoms with Crippen LogP contribution in [-0.2, 0) is 11.0 Å². The molecule has 0 fully saturated rings. The molecule has 2 N–H and O–H groups in total. The van der Waals surface area contributed by atoms with Gasteiger partial charge in [0.15, 0.2) is 5.82 Å². The summed E-state index contributed by atoms with van der Waals surface area (Å²) in [4.78, 5) is 24.4. The van der Waals surface area contributed by atoms with Crippen molar-refractivity contribution in [2.45, 2.75) is 6.18 Å². The highest BCUT2D eigenvalue weighted by atomic mass is 19.4. The van der Waals surface area contributed by atoms with Crippen LogP contribution in [-0.4, -0.2) is 29.1 Å². The van der Waals surface area contributed by atoms with Gasteiger partial charge in [0.25, 0.3) is 5.91 Å². The molecular formula is C22H17F3N4O3. The first kappa shape index (κ1) is 22.5. The van der Waals surface area contributed by atoms with Crippen LogP contribution in [0.4, 0.5) is 24.7 Å². The lowest BCUT2D eigenvalue weighted by atomic mass is 10.1. The highest BCUT2D eigenvalue weighted by Gasteiger charge is 2.30. The maximum Gasteiger partial charge on any atom is 0.416 e. The van der Waals surface area contributed by atoms with Crippen molar-refractivity contribution < 1.29 is 27.5 Å². The molecule has 0 aliphatic rings. The Labute approximate surface area is 180 Å². The van der Waals surface area contributed by atoms with Crippen LogP contribution in [0.25, 0.3) is 6.08 Å². The monoisotopic (exact) mass is 442 g/mol. The van der Waals surface area contributed by atoms with E-state index < -0.39 is 23.6 Å². The Morgan fingerprint density at radius 1 is 0.969 bits per heavy atom. The van der Waals surface area contributed by atoms with E-state index in [2.05, 4.69) is 20.8 Å². The van der Waals surface area contributed by atoms with Crippen LogP contribution in [0, 0.1) is 0 Å². The molecule has 3 rings (SSSR count). The van der Waals surface area contributed by atoms with Crippen LogP contribution in [0.3, 0.4) is 0 Å². The van der Waals surface area contributed by atoms with Crippen molar-refractivity contribution in [3.63, 3.8) is 0 Å². The molecule has 0 atom stereocenters. The van der Waals surface area contributed by atoms with Crippen LogP contribution < -0.4 is 15.4 Å². The quantitative estimate of drug-likeness (QED) is 0.552. The van der Waals surface area contributed by atoms with Gasteiger partial charge in [0.05, 0.1) is 12.7 Å². The van der Waals surface area contributed by atoms with Crippen LogP contribution in [0.5, 0.6) is 5.88 Å². The fourth-order valence-electron chi connectivity index (χ4n) is 2.60. The summed E-state index contributed by atoms with van der Waals surface area (Å²) < 4.78 is 43.4. The molecule has 0 spiro atoms. The summed E-state index contributed by atoms with van der Waals surface area (Å²) in [6.45, 7) is 0. The molecule has 0 aliphatic heterocycles. The van der Waals surface area contributed by atoms with Gasteiger partial charge in [-0.3, -0.25) is 9.59 Å². The third-order valence-corrected chi connectivity index (χ3v) is 4.12. The zero-order valence-corrected chi connectivity index (χ0v) is 16.7. The average Bonchev–Trinajstić information content (AvgIpc) is 2.78. The molecule has 32 heavy (non-hydrogen) atoms. The van der Waals surface area contributed by atoms with Gasteiger partial charge in [0.2, 0.25) is 11.8 Å². The van der Waals surface area contributed by atoms with Crippen molar-refractivity contribution >= 4 is 29.4 Å². The molecule has 0 bridgehead atoms. The first-order valence-electron chi connectivity index (χ1n) is 9.20. The molecule has 0 aliphatic carbocycles. The third-order valence-electron chi connectivity index (χ3n) is 4.12. The van der Waals surface area contributed by atoms with E-state index in [1.807, 2.05) is 0 Å². The van der Waals surface area contributed by atoms with E-state index in [4.69, 9.17) is 4.74 Å². The smallest absolute Gasteiger partial charge is 0.416 e. The predicted molar refractivity (Wildman–Crippen MR) is 112 cm³/mol. The molecule has 2 aromatic carbocycles. The van der Waals surface area contributed by atoms with E-state index in [0.717, 1.165) is 12.1 Å². The zero-order valence-electron chi connectivity index (χ0n) is 16.7. The maximum atomic E-state index is 12.8.